The van der Waals surface area contributed by atoms with Gasteiger partial charge in [0.25, 0.3) is 0 Å². The fourth-order valence-corrected chi connectivity index (χ4v) is 3.65. The van der Waals surface area contributed by atoms with Gasteiger partial charge in [-0.05, 0) is 30.4 Å². The maximum absolute atomic E-state index is 12.5. The van der Waals surface area contributed by atoms with Crippen molar-refractivity contribution in [1.82, 2.24) is 9.78 Å². The standard InChI is InChI=1S/C22H22N2O/c25-21-13-7-12-20-22(21)19(16-18-10-5-2-6-11-18)23-24(20)15-14-17-8-3-1-4-9-17/h1-6,8-11H,7,12-16H2. The molecule has 0 bridgehead atoms. The molecule has 3 heteroatoms. The highest BCUT2D eigenvalue weighted by molar-refractivity contribution is 5.99. The van der Waals surface area contributed by atoms with Crippen molar-refractivity contribution < 1.29 is 4.79 Å². The van der Waals surface area contributed by atoms with Crippen LogP contribution in [0.4, 0.5) is 0 Å². The van der Waals surface area contributed by atoms with Gasteiger partial charge in [-0.1, -0.05) is 60.7 Å². The third kappa shape index (κ3) is 3.41. The predicted octanol–water partition coefficient (Wildman–Crippen LogP) is 4.24. The number of hydrogen-bond acceptors (Lipinski definition) is 2. The van der Waals surface area contributed by atoms with E-state index < -0.39 is 0 Å². The predicted molar refractivity (Wildman–Crippen MR) is 98.9 cm³/mol. The molecule has 0 unspecified atom stereocenters. The SMILES string of the molecule is O=C1CCCc2c1c(Cc1ccccc1)nn2CCc1ccccc1. The molecule has 1 aromatic heterocycles. The quantitative estimate of drug-likeness (QED) is 0.701. The van der Waals surface area contributed by atoms with E-state index in [1.54, 1.807) is 0 Å². The number of carbonyl (C=O) groups is 1. The molecule has 0 fully saturated rings. The van der Waals surface area contributed by atoms with Gasteiger partial charge in [0, 0.05) is 25.1 Å². The summed E-state index contributed by atoms with van der Waals surface area (Å²) in [6, 6.07) is 20.8. The zero-order valence-corrected chi connectivity index (χ0v) is 14.3. The van der Waals surface area contributed by atoms with Crippen LogP contribution in [0.25, 0.3) is 0 Å². The van der Waals surface area contributed by atoms with Gasteiger partial charge in [0.05, 0.1) is 11.3 Å². The molecule has 0 saturated carbocycles. The monoisotopic (exact) mass is 330 g/mol. The molecule has 0 atom stereocenters. The number of hydrogen-bond donors (Lipinski definition) is 0. The van der Waals surface area contributed by atoms with Gasteiger partial charge >= 0.3 is 0 Å². The summed E-state index contributed by atoms with van der Waals surface area (Å²) >= 11 is 0. The van der Waals surface area contributed by atoms with E-state index in [0.29, 0.717) is 6.42 Å². The minimum atomic E-state index is 0.262. The summed E-state index contributed by atoms with van der Waals surface area (Å²) < 4.78 is 2.08. The topological polar surface area (TPSA) is 34.9 Å². The first-order chi connectivity index (χ1) is 12.3. The molecule has 0 amide bonds. The molecule has 2 aromatic carbocycles. The first-order valence-corrected chi connectivity index (χ1v) is 9.01. The molecule has 0 spiro atoms. The summed E-state index contributed by atoms with van der Waals surface area (Å²) in [5.74, 6) is 0.262. The largest absolute Gasteiger partial charge is 0.294 e. The van der Waals surface area contributed by atoms with E-state index in [4.69, 9.17) is 5.10 Å². The Morgan fingerprint density at radius 2 is 1.56 bits per heavy atom. The molecule has 1 aliphatic rings. The van der Waals surface area contributed by atoms with Gasteiger partial charge in [0.15, 0.2) is 5.78 Å². The number of aromatic nitrogens is 2. The van der Waals surface area contributed by atoms with Crippen LogP contribution in [-0.4, -0.2) is 15.6 Å². The number of Topliss-reactive ketones (excluding diaryl/α,β-unsaturated/α-hetero) is 1. The smallest absolute Gasteiger partial charge is 0.166 e. The Morgan fingerprint density at radius 3 is 2.28 bits per heavy atom. The fourth-order valence-electron chi connectivity index (χ4n) is 3.65. The summed E-state index contributed by atoms with van der Waals surface area (Å²) in [6.45, 7) is 0.828. The number of ketones is 1. The van der Waals surface area contributed by atoms with E-state index in [-0.39, 0.29) is 5.78 Å². The van der Waals surface area contributed by atoms with Crippen molar-refractivity contribution in [2.24, 2.45) is 0 Å². The Labute approximate surface area is 148 Å². The summed E-state index contributed by atoms with van der Waals surface area (Å²) in [7, 11) is 0. The van der Waals surface area contributed by atoms with Gasteiger partial charge < -0.3 is 0 Å². The zero-order chi connectivity index (χ0) is 17.1. The number of benzene rings is 2. The van der Waals surface area contributed by atoms with E-state index in [0.717, 1.165) is 49.2 Å². The minimum Gasteiger partial charge on any atom is -0.294 e. The van der Waals surface area contributed by atoms with Crippen LogP contribution in [0, 0.1) is 0 Å². The Morgan fingerprint density at radius 1 is 0.880 bits per heavy atom. The number of nitrogens with zero attached hydrogens (tertiary/aromatic N) is 2. The molecule has 3 aromatic rings. The maximum atomic E-state index is 12.5. The summed E-state index contributed by atoms with van der Waals surface area (Å²) in [4.78, 5) is 12.5. The maximum Gasteiger partial charge on any atom is 0.166 e. The van der Waals surface area contributed by atoms with Gasteiger partial charge in [-0.2, -0.15) is 5.10 Å². The molecule has 0 radical (unpaired) electrons. The molecule has 1 heterocycles. The average molecular weight is 330 g/mol. The van der Waals surface area contributed by atoms with Crippen molar-refractivity contribution in [2.75, 3.05) is 0 Å². The Kier molecular flexibility index (Phi) is 4.47. The molecule has 4 rings (SSSR count). The Hall–Kier alpha value is -2.68. The summed E-state index contributed by atoms with van der Waals surface area (Å²) in [5.41, 5.74) is 5.48. The van der Waals surface area contributed by atoms with Crippen molar-refractivity contribution in [1.29, 1.82) is 0 Å². The lowest BCUT2D eigenvalue weighted by molar-refractivity contribution is 0.0971. The van der Waals surface area contributed by atoms with Crippen LogP contribution in [0.2, 0.25) is 0 Å². The van der Waals surface area contributed by atoms with Crippen LogP contribution in [0.1, 0.15) is 45.7 Å². The molecule has 25 heavy (non-hydrogen) atoms. The molecule has 0 N–H and O–H groups in total. The highest BCUT2D eigenvalue weighted by atomic mass is 16.1. The van der Waals surface area contributed by atoms with E-state index in [1.807, 2.05) is 24.3 Å². The van der Waals surface area contributed by atoms with Crippen LogP contribution >= 0.6 is 0 Å². The lowest BCUT2D eigenvalue weighted by Gasteiger charge is -2.13. The van der Waals surface area contributed by atoms with Gasteiger partial charge in [-0.3, -0.25) is 9.48 Å². The van der Waals surface area contributed by atoms with E-state index >= 15 is 0 Å². The molecule has 1 aliphatic carbocycles. The van der Waals surface area contributed by atoms with E-state index in [2.05, 4.69) is 41.1 Å². The number of fused-ring (bicyclic) bond motifs is 1. The van der Waals surface area contributed by atoms with Gasteiger partial charge in [-0.15, -0.1) is 0 Å². The second kappa shape index (κ2) is 7.06. The van der Waals surface area contributed by atoms with Crippen molar-refractivity contribution >= 4 is 5.78 Å². The second-order valence-electron chi connectivity index (χ2n) is 6.67. The third-order valence-corrected chi connectivity index (χ3v) is 4.90. The van der Waals surface area contributed by atoms with Crippen molar-refractivity contribution in [3.63, 3.8) is 0 Å². The normalized spacial score (nSPS) is 13.7. The van der Waals surface area contributed by atoms with Crippen LogP contribution in [-0.2, 0) is 25.8 Å². The first kappa shape index (κ1) is 15.8. The number of rotatable bonds is 5. The molecule has 0 aliphatic heterocycles. The summed E-state index contributed by atoms with van der Waals surface area (Å²) in [5, 5.41) is 4.85. The Bertz CT molecular complexity index is 866. The van der Waals surface area contributed by atoms with Crippen molar-refractivity contribution in [2.45, 2.75) is 38.6 Å². The van der Waals surface area contributed by atoms with Crippen LogP contribution in [0.5, 0.6) is 0 Å². The minimum absolute atomic E-state index is 0.262. The highest BCUT2D eigenvalue weighted by Gasteiger charge is 2.26. The highest BCUT2D eigenvalue weighted by Crippen LogP contribution is 2.26. The number of carbonyl (C=O) groups excluding carboxylic acids is 1. The molecular weight excluding hydrogens is 308 g/mol. The van der Waals surface area contributed by atoms with Gasteiger partial charge in [0.2, 0.25) is 0 Å². The zero-order valence-electron chi connectivity index (χ0n) is 14.3. The van der Waals surface area contributed by atoms with Crippen LogP contribution in [0.3, 0.4) is 0 Å². The number of aryl methyl sites for hydroxylation is 2. The van der Waals surface area contributed by atoms with Crippen LogP contribution < -0.4 is 0 Å². The Balaban J connectivity index is 1.63. The molecule has 0 saturated heterocycles. The lowest BCUT2D eigenvalue weighted by atomic mass is 9.92. The third-order valence-electron chi connectivity index (χ3n) is 4.90. The van der Waals surface area contributed by atoms with Gasteiger partial charge in [0.1, 0.15) is 0 Å². The molecule has 3 nitrogen and oxygen atoms in total. The van der Waals surface area contributed by atoms with Crippen molar-refractivity contribution in [3.05, 3.63) is 88.7 Å². The van der Waals surface area contributed by atoms with Crippen LogP contribution in [0.15, 0.2) is 60.7 Å². The average Bonchev–Trinajstić information content (AvgIpc) is 3.01. The second-order valence-corrected chi connectivity index (χ2v) is 6.67. The fraction of sp³-hybridized carbons (Fsp3) is 0.273. The van der Waals surface area contributed by atoms with Crippen molar-refractivity contribution in [3.8, 4) is 0 Å². The molecule has 126 valence electrons. The summed E-state index contributed by atoms with van der Waals surface area (Å²) in [6.07, 6.45) is 4.21. The van der Waals surface area contributed by atoms with E-state index in [9.17, 15) is 4.79 Å². The van der Waals surface area contributed by atoms with E-state index in [1.165, 1.54) is 11.1 Å². The lowest BCUT2D eigenvalue weighted by Crippen LogP contribution is -2.15. The molecular formula is C22H22N2O. The van der Waals surface area contributed by atoms with Gasteiger partial charge in [-0.25, -0.2) is 0 Å². The first-order valence-electron chi connectivity index (χ1n) is 9.01.